The van der Waals surface area contributed by atoms with E-state index in [4.69, 9.17) is 9.84 Å². The summed E-state index contributed by atoms with van der Waals surface area (Å²) in [5.74, 6) is 0. The van der Waals surface area contributed by atoms with Crippen molar-refractivity contribution >= 4 is 6.09 Å². The molecule has 1 saturated carbocycles. The van der Waals surface area contributed by atoms with Crippen molar-refractivity contribution in [1.82, 2.24) is 9.88 Å². The summed E-state index contributed by atoms with van der Waals surface area (Å²) in [4.78, 5) is 17.5. The fraction of sp³-hybridized carbons (Fsp3) is 0.500. The standard InChI is InChI=1S/C12H16N2O3/c15-6-7-17-12(16)14(11-3-4-11)9-10-2-1-5-13-8-10/h1-2,5,8,11,15H,3-4,6-7,9H2. The lowest BCUT2D eigenvalue weighted by molar-refractivity contribution is 0.0797. The van der Waals surface area contributed by atoms with Crippen LogP contribution >= 0.6 is 0 Å². The second-order valence-electron chi connectivity index (χ2n) is 4.06. The Bertz CT molecular complexity index is 365. The highest BCUT2D eigenvalue weighted by atomic mass is 16.6. The lowest BCUT2D eigenvalue weighted by atomic mass is 10.2. The average Bonchev–Trinajstić information content (AvgIpc) is 3.18. The molecule has 0 spiro atoms. The van der Waals surface area contributed by atoms with E-state index < -0.39 is 0 Å². The maximum absolute atomic E-state index is 11.8. The Morgan fingerprint density at radius 1 is 1.59 bits per heavy atom. The fourth-order valence-electron chi connectivity index (χ4n) is 1.63. The molecule has 0 aliphatic heterocycles. The average molecular weight is 236 g/mol. The molecule has 0 aromatic carbocycles. The number of aliphatic hydroxyl groups is 1. The van der Waals surface area contributed by atoms with Gasteiger partial charge in [-0.3, -0.25) is 4.98 Å². The number of ether oxygens (including phenoxy) is 1. The van der Waals surface area contributed by atoms with Crippen LogP contribution in [0.3, 0.4) is 0 Å². The van der Waals surface area contributed by atoms with Gasteiger partial charge in [0.05, 0.1) is 13.2 Å². The number of hydrogen-bond acceptors (Lipinski definition) is 4. The summed E-state index contributed by atoms with van der Waals surface area (Å²) in [5, 5.41) is 8.64. The van der Waals surface area contributed by atoms with E-state index in [1.54, 1.807) is 17.3 Å². The van der Waals surface area contributed by atoms with Gasteiger partial charge in [0.2, 0.25) is 0 Å². The Kier molecular flexibility index (Phi) is 3.93. The maximum Gasteiger partial charge on any atom is 0.410 e. The second kappa shape index (κ2) is 5.63. The van der Waals surface area contributed by atoms with E-state index in [-0.39, 0.29) is 25.3 Å². The summed E-state index contributed by atoms with van der Waals surface area (Å²) in [6, 6.07) is 4.06. The smallest absolute Gasteiger partial charge is 0.410 e. The highest BCUT2D eigenvalue weighted by molar-refractivity contribution is 5.68. The van der Waals surface area contributed by atoms with Crippen molar-refractivity contribution in [3.05, 3.63) is 30.1 Å². The normalized spacial score (nSPS) is 14.4. The van der Waals surface area contributed by atoms with Gasteiger partial charge in [0.1, 0.15) is 6.61 Å². The summed E-state index contributed by atoms with van der Waals surface area (Å²) in [6.07, 6.45) is 5.14. The molecule has 1 N–H and O–H groups in total. The Balaban J connectivity index is 1.95. The number of carbonyl (C=O) groups is 1. The zero-order valence-electron chi connectivity index (χ0n) is 9.58. The van der Waals surface area contributed by atoms with E-state index in [9.17, 15) is 4.79 Å². The minimum atomic E-state index is -0.356. The van der Waals surface area contributed by atoms with E-state index in [1.807, 2.05) is 12.1 Å². The van der Waals surface area contributed by atoms with Gasteiger partial charge in [-0.2, -0.15) is 0 Å². The van der Waals surface area contributed by atoms with Crippen molar-refractivity contribution in [3.8, 4) is 0 Å². The van der Waals surface area contributed by atoms with E-state index in [1.165, 1.54) is 0 Å². The highest BCUT2D eigenvalue weighted by Crippen LogP contribution is 2.28. The molecular weight excluding hydrogens is 220 g/mol. The topological polar surface area (TPSA) is 62.7 Å². The van der Waals surface area contributed by atoms with Gasteiger partial charge in [0.25, 0.3) is 0 Å². The summed E-state index contributed by atoms with van der Waals surface area (Å²) in [5.41, 5.74) is 0.986. The van der Waals surface area contributed by atoms with Crippen LogP contribution in [0, 0.1) is 0 Å². The molecule has 1 aromatic heterocycles. The molecule has 17 heavy (non-hydrogen) atoms. The molecule has 1 fully saturated rings. The van der Waals surface area contributed by atoms with Crippen LogP contribution in [0.15, 0.2) is 24.5 Å². The van der Waals surface area contributed by atoms with Crippen molar-refractivity contribution in [2.24, 2.45) is 0 Å². The third kappa shape index (κ3) is 3.42. The third-order valence-electron chi connectivity index (χ3n) is 2.61. The van der Waals surface area contributed by atoms with Crippen LogP contribution in [0.1, 0.15) is 18.4 Å². The van der Waals surface area contributed by atoms with Gasteiger partial charge in [-0.1, -0.05) is 6.07 Å². The molecule has 1 aliphatic rings. The van der Waals surface area contributed by atoms with Crippen LogP contribution in [0.5, 0.6) is 0 Å². The van der Waals surface area contributed by atoms with Crippen LogP contribution in [0.4, 0.5) is 4.79 Å². The Labute approximate surface area is 100 Å². The quantitative estimate of drug-likeness (QED) is 0.833. The van der Waals surface area contributed by atoms with E-state index in [2.05, 4.69) is 4.98 Å². The first-order valence-corrected chi connectivity index (χ1v) is 5.74. The number of aromatic nitrogens is 1. The van der Waals surface area contributed by atoms with E-state index in [0.29, 0.717) is 6.54 Å². The van der Waals surface area contributed by atoms with Crippen molar-refractivity contribution in [1.29, 1.82) is 0 Å². The maximum atomic E-state index is 11.8. The van der Waals surface area contributed by atoms with Gasteiger partial charge >= 0.3 is 6.09 Å². The van der Waals surface area contributed by atoms with Gasteiger partial charge in [-0.25, -0.2) is 4.79 Å². The van der Waals surface area contributed by atoms with Gasteiger partial charge in [0.15, 0.2) is 0 Å². The zero-order chi connectivity index (χ0) is 12.1. The van der Waals surface area contributed by atoms with Gasteiger partial charge in [-0.15, -0.1) is 0 Å². The summed E-state index contributed by atoms with van der Waals surface area (Å²) in [7, 11) is 0. The molecule has 92 valence electrons. The number of pyridine rings is 1. The number of carbonyl (C=O) groups excluding carboxylic acids is 1. The first-order chi connectivity index (χ1) is 8.31. The minimum absolute atomic E-state index is 0.0507. The number of amides is 1. The number of rotatable bonds is 5. The molecule has 1 aliphatic carbocycles. The van der Waals surface area contributed by atoms with Crippen molar-refractivity contribution in [2.45, 2.75) is 25.4 Å². The van der Waals surface area contributed by atoms with Gasteiger partial charge in [-0.05, 0) is 24.5 Å². The van der Waals surface area contributed by atoms with Crippen LogP contribution in [-0.4, -0.2) is 40.3 Å². The van der Waals surface area contributed by atoms with Crippen molar-refractivity contribution in [3.63, 3.8) is 0 Å². The molecule has 1 amide bonds. The molecule has 2 rings (SSSR count). The summed E-state index contributed by atoms with van der Waals surface area (Å²) in [6.45, 7) is 0.426. The SMILES string of the molecule is O=C(OCCO)N(Cc1cccnc1)C1CC1. The predicted octanol–water partition coefficient (Wildman–Crippen LogP) is 1.17. The largest absolute Gasteiger partial charge is 0.447 e. The number of nitrogens with zero attached hydrogens (tertiary/aromatic N) is 2. The lowest BCUT2D eigenvalue weighted by Gasteiger charge is -2.21. The molecule has 0 radical (unpaired) electrons. The van der Waals surface area contributed by atoms with Crippen molar-refractivity contribution in [2.75, 3.05) is 13.2 Å². The first-order valence-electron chi connectivity index (χ1n) is 5.74. The molecule has 1 heterocycles. The monoisotopic (exact) mass is 236 g/mol. The van der Waals surface area contributed by atoms with Crippen LogP contribution in [0.25, 0.3) is 0 Å². The summed E-state index contributed by atoms with van der Waals surface area (Å²) >= 11 is 0. The number of aliphatic hydroxyl groups excluding tert-OH is 1. The third-order valence-corrected chi connectivity index (χ3v) is 2.61. The summed E-state index contributed by atoms with van der Waals surface area (Å²) < 4.78 is 4.94. The van der Waals surface area contributed by atoms with Crippen molar-refractivity contribution < 1.29 is 14.6 Å². The molecule has 0 bridgehead atoms. The Hall–Kier alpha value is -1.62. The fourth-order valence-corrected chi connectivity index (χ4v) is 1.63. The van der Waals surface area contributed by atoms with E-state index in [0.717, 1.165) is 18.4 Å². The molecule has 5 nitrogen and oxygen atoms in total. The molecule has 0 unspecified atom stereocenters. The highest BCUT2D eigenvalue weighted by Gasteiger charge is 2.33. The van der Waals surface area contributed by atoms with Gasteiger partial charge in [0, 0.05) is 18.4 Å². The predicted molar refractivity (Wildman–Crippen MR) is 61.2 cm³/mol. The molecule has 0 saturated heterocycles. The zero-order valence-corrected chi connectivity index (χ0v) is 9.58. The van der Waals surface area contributed by atoms with Crippen LogP contribution < -0.4 is 0 Å². The van der Waals surface area contributed by atoms with Crippen LogP contribution in [-0.2, 0) is 11.3 Å². The Morgan fingerprint density at radius 3 is 3.00 bits per heavy atom. The molecule has 5 heteroatoms. The van der Waals surface area contributed by atoms with E-state index >= 15 is 0 Å². The number of hydrogen-bond donors (Lipinski definition) is 1. The van der Waals surface area contributed by atoms with Gasteiger partial charge < -0.3 is 14.7 Å². The lowest BCUT2D eigenvalue weighted by Crippen LogP contribution is -2.33. The molecule has 0 atom stereocenters. The Morgan fingerprint density at radius 2 is 2.41 bits per heavy atom. The molecular formula is C12H16N2O3. The second-order valence-corrected chi connectivity index (χ2v) is 4.06. The first kappa shape index (κ1) is 11.9. The molecule has 1 aromatic rings. The van der Waals surface area contributed by atoms with Crippen LogP contribution in [0.2, 0.25) is 0 Å². The minimum Gasteiger partial charge on any atom is -0.447 e.